The summed E-state index contributed by atoms with van der Waals surface area (Å²) in [5.74, 6) is 1.23. The predicted molar refractivity (Wildman–Crippen MR) is 109 cm³/mol. The zero-order valence-corrected chi connectivity index (χ0v) is 20.1. The van der Waals surface area contributed by atoms with Crippen molar-refractivity contribution in [1.29, 1.82) is 0 Å². The smallest absolute Gasteiger partial charge is 0.442 e. The molecule has 0 spiro atoms. The van der Waals surface area contributed by atoms with E-state index in [4.69, 9.17) is 23.4 Å². The molecule has 170 valence electrons. The Morgan fingerprint density at radius 1 is 0.897 bits per heavy atom. The van der Waals surface area contributed by atoms with Crippen molar-refractivity contribution in [2.45, 2.75) is 92.6 Å². The standard InChI is InChI=1S/C19H36NO8P/c1-14(2)27-29(23,28-15(3)4)13-11-12-20(16(21)24-18(5,6)7)26-17(22)25-19(8,9)10/h11,13-15H,12H2,1-10H3/b13-11+. The lowest BCUT2D eigenvalue weighted by Gasteiger charge is -2.26. The molecule has 0 heterocycles. The van der Waals surface area contributed by atoms with Gasteiger partial charge in [-0.3, -0.25) is 9.40 Å². The fourth-order valence-electron chi connectivity index (χ4n) is 1.78. The number of carbonyl (C=O) groups excluding carboxylic acids is 2. The first-order valence-corrected chi connectivity index (χ1v) is 11.1. The first-order chi connectivity index (χ1) is 12.9. The maximum Gasteiger partial charge on any atom is 0.534 e. The van der Waals surface area contributed by atoms with Crippen molar-refractivity contribution in [1.82, 2.24) is 5.06 Å². The lowest BCUT2D eigenvalue weighted by atomic mass is 10.2. The highest BCUT2D eigenvalue weighted by Crippen LogP contribution is 2.51. The molecule has 0 aromatic carbocycles. The number of hydrogen-bond donors (Lipinski definition) is 0. The van der Waals surface area contributed by atoms with Crippen molar-refractivity contribution in [3.05, 3.63) is 11.9 Å². The van der Waals surface area contributed by atoms with Crippen LogP contribution in [0.15, 0.2) is 11.9 Å². The monoisotopic (exact) mass is 437 g/mol. The molecule has 0 rings (SSSR count). The number of amides is 1. The molecular weight excluding hydrogens is 401 g/mol. The first-order valence-electron chi connectivity index (χ1n) is 9.48. The molecule has 29 heavy (non-hydrogen) atoms. The number of rotatable bonds is 7. The highest BCUT2D eigenvalue weighted by Gasteiger charge is 2.29. The van der Waals surface area contributed by atoms with Crippen LogP contribution in [0, 0.1) is 0 Å². The molecule has 0 aliphatic rings. The first kappa shape index (κ1) is 27.4. The van der Waals surface area contributed by atoms with E-state index in [0.29, 0.717) is 5.06 Å². The maximum atomic E-state index is 12.8. The van der Waals surface area contributed by atoms with Gasteiger partial charge in [-0.2, -0.15) is 0 Å². The third-order valence-corrected chi connectivity index (χ3v) is 4.45. The second kappa shape index (κ2) is 11.0. The Kier molecular flexibility index (Phi) is 10.4. The second-order valence-corrected chi connectivity index (χ2v) is 10.6. The van der Waals surface area contributed by atoms with Gasteiger partial charge in [0.1, 0.15) is 11.2 Å². The predicted octanol–water partition coefficient (Wildman–Crippen LogP) is 5.65. The zero-order chi connectivity index (χ0) is 23.0. The minimum absolute atomic E-state index is 0.249. The SMILES string of the molecule is CC(C)OP(=O)(/C=C/CN(OC(=O)OC(C)(C)C)C(=O)OC(C)(C)C)OC(C)C. The molecule has 10 heteroatoms. The Hall–Kier alpha value is -1.57. The van der Waals surface area contributed by atoms with Crippen LogP contribution in [-0.2, 0) is 27.9 Å². The number of hydroxylamine groups is 2. The van der Waals surface area contributed by atoms with E-state index in [1.165, 1.54) is 11.9 Å². The van der Waals surface area contributed by atoms with Crippen molar-refractivity contribution in [3.63, 3.8) is 0 Å². The fourth-order valence-corrected chi connectivity index (χ4v) is 3.49. The van der Waals surface area contributed by atoms with E-state index in [0.717, 1.165) is 0 Å². The zero-order valence-electron chi connectivity index (χ0n) is 19.2. The summed E-state index contributed by atoms with van der Waals surface area (Å²) in [5, 5.41) is 0.672. The minimum Gasteiger partial charge on any atom is -0.442 e. The Morgan fingerprint density at radius 2 is 1.34 bits per heavy atom. The van der Waals surface area contributed by atoms with Crippen molar-refractivity contribution in [2.75, 3.05) is 6.54 Å². The summed E-state index contributed by atoms with van der Waals surface area (Å²) in [5.41, 5.74) is -1.62. The lowest BCUT2D eigenvalue weighted by molar-refractivity contribution is -0.130. The van der Waals surface area contributed by atoms with Crippen molar-refractivity contribution in [3.8, 4) is 0 Å². The van der Waals surface area contributed by atoms with Gasteiger partial charge in [-0.1, -0.05) is 6.08 Å². The molecule has 0 unspecified atom stereocenters. The van der Waals surface area contributed by atoms with E-state index >= 15 is 0 Å². The molecule has 0 atom stereocenters. The Balaban J connectivity index is 5.40. The lowest BCUT2D eigenvalue weighted by Crippen LogP contribution is -2.39. The summed E-state index contributed by atoms with van der Waals surface area (Å²) in [6.45, 7) is 16.7. The summed E-state index contributed by atoms with van der Waals surface area (Å²) in [4.78, 5) is 29.3. The van der Waals surface area contributed by atoms with Gasteiger partial charge in [-0.25, -0.2) is 9.59 Å². The van der Waals surface area contributed by atoms with E-state index < -0.39 is 31.0 Å². The van der Waals surface area contributed by atoms with Crippen LogP contribution in [0.1, 0.15) is 69.2 Å². The van der Waals surface area contributed by atoms with Crippen LogP contribution in [0.25, 0.3) is 0 Å². The van der Waals surface area contributed by atoms with E-state index in [2.05, 4.69) is 0 Å². The molecule has 0 bridgehead atoms. The summed E-state index contributed by atoms with van der Waals surface area (Å²) in [7, 11) is -3.56. The molecule has 0 aromatic rings. The highest BCUT2D eigenvalue weighted by atomic mass is 31.2. The molecule has 0 fully saturated rings. The van der Waals surface area contributed by atoms with Crippen LogP contribution < -0.4 is 0 Å². The van der Waals surface area contributed by atoms with Crippen LogP contribution >= 0.6 is 7.60 Å². The molecular formula is C19H36NO8P. The molecule has 0 aromatic heterocycles. The molecule has 0 aliphatic heterocycles. The normalized spacial score (nSPS) is 13.1. The van der Waals surface area contributed by atoms with Crippen LogP contribution in [0.3, 0.4) is 0 Å². The average Bonchev–Trinajstić information content (AvgIpc) is 2.39. The van der Waals surface area contributed by atoms with Gasteiger partial charge in [0.05, 0.1) is 18.8 Å². The fraction of sp³-hybridized carbons (Fsp3) is 0.789. The largest absolute Gasteiger partial charge is 0.534 e. The summed E-state index contributed by atoms with van der Waals surface area (Å²) in [6.07, 6.45) is -1.32. The van der Waals surface area contributed by atoms with Crippen LogP contribution in [0.2, 0.25) is 0 Å². The molecule has 0 saturated carbocycles. The number of nitrogens with zero attached hydrogens (tertiary/aromatic N) is 1. The summed E-state index contributed by atoms with van der Waals surface area (Å²) >= 11 is 0. The van der Waals surface area contributed by atoms with Gasteiger partial charge in [-0.15, -0.1) is 5.06 Å². The Bertz CT molecular complexity index is 603. The van der Waals surface area contributed by atoms with Gasteiger partial charge in [0.2, 0.25) is 0 Å². The Labute approximate surface area is 174 Å². The van der Waals surface area contributed by atoms with Crippen molar-refractivity contribution >= 4 is 19.8 Å². The third kappa shape index (κ3) is 14.1. The molecule has 0 aliphatic carbocycles. The topological polar surface area (TPSA) is 101 Å². The van der Waals surface area contributed by atoms with E-state index in [9.17, 15) is 14.2 Å². The average molecular weight is 437 g/mol. The van der Waals surface area contributed by atoms with Crippen LogP contribution in [0.5, 0.6) is 0 Å². The highest BCUT2D eigenvalue weighted by molar-refractivity contribution is 7.57. The minimum atomic E-state index is -3.56. The van der Waals surface area contributed by atoms with E-state index in [1.807, 2.05) is 0 Å². The third-order valence-electron chi connectivity index (χ3n) is 2.45. The second-order valence-electron chi connectivity index (χ2n) is 8.83. The Morgan fingerprint density at radius 3 is 1.72 bits per heavy atom. The quantitative estimate of drug-likeness (QED) is 0.286. The van der Waals surface area contributed by atoms with E-state index in [1.54, 1.807) is 69.2 Å². The van der Waals surface area contributed by atoms with E-state index in [-0.39, 0.29) is 18.8 Å². The van der Waals surface area contributed by atoms with Crippen LogP contribution in [0.4, 0.5) is 9.59 Å². The molecule has 0 radical (unpaired) electrons. The summed E-state index contributed by atoms with van der Waals surface area (Å²) in [6, 6.07) is 0. The van der Waals surface area contributed by atoms with Gasteiger partial charge in [-0.05, 0) is 69.2 Å². The van der Waals surface area contributed by atoms with Gasteiger partial charge < -0.3 is 18.5 Å². The summed E-state index contributed by atoms with van der Waals surface area (Å²) < 4.78 is 33.9. The van der Waals surface area contributed by atoms with Crippen molar-refractivity contribution in [2.24, 2.45) is 0 Å². The maximum absolute atomic E-state index is 12.8. The van der Waals surface area contributed by atoms with Crippen molar-refractivity contribution < 1.29 is 37.5 Å². The van der Waals surface area contributed by atoms with Gasteiger partial charge in [0.15, 0.2) is 0 Å². The van der Waals surface area contributed by atoms with Crippen LogP contribution in [-0.4, -0.2) is 47.3 Å². The van der Waals surface area contributed by atoms with Gasteiger partial charge in [0, 0.05) is 5.82 Å². The number of carbonyl (C=O) groups is 2. The molecule has 9 nitrogen and oxygen atoms in total. The molecule has 0 saturated heterocycles. The number of ether oxygens (including phenoxy) is 2. The van der Waals surface area contributed by atoms with Gasteiger partial charge in [0.25, 0.3) is 0 Å². The van der Waals surface area contributed by atoms with Gasteiger partial charge >= 0.3 is 19.8 Å². The molecule has 1 amide bonds. The molecule has 0 N–H and O–H groups in total. The number of hydrogen-bond acceptors (Lipinski definition) is 8.